The van der Waals surface area contributed by atoms with Crippen LogP contribution in [-0.4, -0.2) is 215 Å². The fraction of sp³-hybridized carbons (Fsp3) is 0.548. The molecule has 0 aliphatic carbocycles. The van der Waals surface area contributed by atoms with Crippen molar-refractivity contribution in [2.24, 2.45) is 28.2 Å². The monoisotopic (exact) mass is 1700 g/mol. The minimum atomic E-state index is 0.0160. The average Bonchev–Trinajstić information content (AvgIpc) is 1.67. The first-order valence-electron chi connectivity index (χ1n) is 46.4. The van der Waals surface area contributed by atoms with Gasteiger partial charge in [-0.25, -0.2) is 4.98 Å². The summed E-state index contributed by atoms with van der Waals surface area (Å²) < 4.78 is 14.7. The quantitative estimate of drug-likeness (QED) is 0.0619. The molecule has 680 valence electrons. The van der Waals surface area contributed by atoms with Gasteiger partial charge in [0.15, 0.2) is 11.5 Å². The van der Waals surface area contributed by atoms with Crippen LogP contribution < -0.4 is 51.5 Å². The molecular formula is C104H158N20O. The van der Waals surface area contributed by atoms with Gasteiger partial charge in [-0.3, -0.25) is 0 Å². The molecule has 6 aromatic heterocycles. The Kier molecular flexibility index (Phi) is 29.4. The number of hydrogen-bond acceptors (Lipinski definition) is 16. The van der Waals surface area contributed by atoms with Crippen LogP contribution >= 0.6 is 0 Å². The number of oxazole rings is 1. The zero-order valence-corrected chi connectivity index (χ0v) is 82.2. The lowest BCUT2D eigenvalue weighted by Gasteiger charge is -2.35. The second kappa shape index (κ2) is 38.9. The Balaban J connectivity index is 0.000000137. The van der Waals surface area contributed by atoms with Gasteiger partial charge in [0, 0.05) is 269 Å². The predicted octanol–water partition coefficient (Wildman–Crippen LogP) is 22.1. The van der Waals surface area contributed by atoms with E-state index >= 15 is 0 Å². The van der Waals surface area contributed by atoms with Crippen molar-refractivity contribution in [3.8, 4) is 0 Å². The van der Waals surface area contributed by atoms with Gasteiger partial charge in [-0.2, -0.15) is 0 Å². The first kappa shape index (κ1) is 94.5. The van der Waals surface area contributed by atoms with Crippen LogP contribution in [0.5, 0.6) is 0 Å². The maximum absolute atomic E-state index is 5.79. The fourth-order valence-corrected chi connectivity index (χ4v) is 18.3. The number of aromatic amines is 1. The molecule has 11 heterocycles. The molecule has 5 aliphatic rings. The summed E-state index contributed by atoms with van der Waals surface area (Å²) in [6.07, 6.45) is 18.7. The van der Waals surface area contributed by atoms with Crippen molar-refractivity contribution < 1.29 is 4.42 Å². The van der Waals surface area contributed by atoms with Gasteiger partial charge in [0.05, 0.1) is 27.8 Å². The van der Waals surface area contributed by atoms with E-state index in [4.69, 9.17) is 4.42 Å². The molecule has 0 spiro atoms. The molecule has 0 saturated carbocycles. The highest BCUT2D eigenvalue weighted by atomic mass is 16.3. The average molecular weight is 1700 g/mol. The summed E-state index contributed by atoms with van der Waals surface area (Å²) in [7, 11) is 21.5. The number of fused-ring (bicyclic) bond motifs is 6. The minimum absolute atomic E-state index is 0.0160. The van der Waals surface area contributed by atoms with Crippen molar-refractivity contribution in [2.75, 3.05) is 185 Å². The Bertz CT molecular complexity index is 5490. The standard InChI is InChI=1S/C19H29N3.C18H28N4.C18H27N3.C17H26N4O.C17H25N3.C15H23N3/c1-19(2,3)20-15-6-7-16-17(13-22(5)18(16)12-15)14-8-10-21(4)11-9-14;1-18(2,3)19-14-12-16-15(6-7-21(16)5)17(13-14)22-10-8-20(4)9-11-22;1-18(2,3)20-14-5-6-15-16(12-19-17(15)11-14)13-7-9-21(4)10-8-13;1-12-18-16-14(21-8-6-20(5)7-9-21)10-13(11-15(16)22-12)19-17(2,3)4;1-17(2,3)18-13-11-15-14(7-10-19(15)4)16(12-13)20-8-5-6-9-20;1-15(2,3)16-11-9-13(17(4)5)12-7-8-18(6)14(12)10-11/h6-7,12-14,20H,8-11H2,1-5H3;6-7,12-13,19H,8-11H2,1-5H3;5-6,11-13,19-20H,7-10H2,1-4H3;10-11,19H,6-9H2,1-5H3;7,10-12,18H,5-6,8-9H2,1-4H3;7-10,16H,1-6H3. The van der Waals surface area contributed by atoms with Crippen LogP contribution in [0.25, 0.3) is 65.6 Å². The molecule has 5 fully saturated rings. The number of rotatable bonds is 12. The van der Waals surface area contributed by atoms with E-state index < -0.39 is 0 Å². The number of benzene rings is 6. The Morgan fingerprint density at radius 3 is 1.15 bits per heavy atom. The molecular weight excluding hydrogens is 1550 g/mol. The molecule has 7 N–H and O–H groups in total. The van der Waals surface area contributed by atoms with Crippen molar-refractivity contribution in [1.82, 2.24) is 47.8 Å². The van der Waals surface area contributed by atoms with Gasteiger partial charge in [0.2, 0.25) is 0 Å². The van der Waals surface area contributed by atoms with Crippen LogP contribution in [0.4, 0.5) is 56.9 Å². The topological polar surface area (TPSA) is 160 Å². The number of aromatic nitrogens is 6. The molecule has 12 aromatic rings. The summed E-state index contributed by atoms with van der Waals surface area (Å²) in [5.41, 5.74) is 24.0. The zero-order valence-electron chi connectivity index (χ0n) is 82.2. The normalized spacial score (nSPS) is 16.6. The molecule has 0 amide bonds. The second-order valence-corrected chi connectivity index (χ2v) is 43.1. The lowest BCUT2D eigenvalue weighted by atomic mass is 9.89. The number of piperidine rings is 2. The maximum atomic E-state index is 5.79. The highest BCUT2D eigenvalue weighted by molar-refractivity contribution is 5.99. The Morgan fingerprint density at radius 1 is 0.352 bits per heavy atom. The van der Waals surface area contributed by atoms with Crippen LogP contribution in [0.15, 0.2) is 139 Å². The number of aryl methyl sites for hydroxylation is 5. The molecule has 17 rings (SSSR count). The highest BCUT2D eigenvalue weighted by Crippen LogP contribution is 2.41. The van der Waals surface area contributed by atoms with Gasteiger partial charge >= 0.3 is 0 Å². The number of likely N-dealkylation sites (tertiary alicyclic amines) is 2. The third-order valence-electron chi connectivity index (χ3n) is 24.3. The van der Waals surface area contributed by atoms with Gasteiger partial charge < -0.3 is 98.8 Å². The number of H-pyrrole nitrogens is 1. The van der Waals surface area contributed by atoms with Crippen molar-refractivity contribution in [1.29, 1.82) is 0 Å². The van der Waals surface area contributed by atoms with Crippen molar-refractivity contribution in [2.45, 2.75) is 215 Å². The summed E-state index contributed by atoms with van der Waals surface area (Å²) in [5, 5.41) is 28.3. The predicted molar refractivity (Wildman–Crippen MR) is 543 cm³/mol. The number of nitrogens with one attached hydrogen (secondary N) is 7. The zero-order chi connectivity index (χ0) is 90.6. The largest absolute Gasteiger partial charge is 0.441 e. The van der Waals surface area contributed by atoms with Gasteiger partial charge in [-0.1, -0.05) is 12.1 Å². The van der Waals surface area contributed by atoms with Crippen LogP contribution in [-0.2, 0) is 28.2 Å². The smallest absolute Gasteiger partial charge is 0.192 e. The van der Waals surface area contributed by atoms with Crippen molar-refractivity contribution in [3.05, 3.63) is 151 Å². The third kappa shape index (κ3) is 25.6. The lowest BCUT2D eigenvalue weighted by Crippen LogP contribution is -2.44. The van der Waals surface area contributed by atoms with Crippen molar-refractivity contribution >= 4 is 122 Å². The number of piperazine rings is 2. The van der Waals surface area contributed by atoms with Crippen LogP contribution in [0, 0.1) is 6.92 Å². The summed E-state index contributed by atoms with van der Waals surface area (Å²) in [6, 6.07) is 38.0. The van der Waals surface area contributed by atoms with E-state index in [1.165, 1.54) is 195 Å². The van der Waals surface area contributed by atoms with E-state index in [9.17, 15) is 0 Å². The highest BCUT2D eigenvalue weighted by Gasteiger charge is 2.28. The fourth-order valence-electron chi connectivity index (χ4n) is 18.3. The summed E-state index contributed by atoms with van der Waals surface area (Å²) >= 11 is 0. The molecule has 0 atom stereocenters. The lowest BCUT2D eigenvalue weighted by molar-refractivity contribution is 0.256. The Morgan fingerprint density at radius 2 is 0.704 bits per heavy atom. The molecule has 6 aromatic carbocycles. The molecule has 0 radical (unpaired) electrons. The number of anilines is 10. The molecule has 125 heavy (non-hydrogen) atoms. The van der Waals surface area contributed by atoms with E-state index in [2.05, 4.69) is 429 Å². The minimum Gasteiger partial charge on any atom is -0.441 e. The maximum Gasteiger partial charge on any atom is 0.192 e. The van der Waals surface area contributed by atoms with Crippen LogP contribution in [0.2, 0.25) is 0 Å². The Labute approximate surface area is 750 Å². The van der Waals surface area contributed by atoms with Crippen LogP contribution in [0.1, 0.15) is 192 Å². The van der Waals surface area contributed by atoms with E-state index in [1.54, 1.807) is 0 Å². The third-order valence-corrected chi connectivity index (χ3v) is 24.3. The first-order chi connectivity index (χ1) is 58.6. The van der Waals surface area contributed by atoms with Gasteiger partial charge in [-0.05, 0) is 325 Å². The summed E-state index contributed by atoms with van der Waals surface area (Å²) in [6.45, 7) is 57.2. The number of likely N-dealkylation sites (N-methyl/N-ethyl adjacent to an activating group) is 2. The molecule has 0 unspecified atom stereocenters. The molecule has 21 heteroatoms. The van der Waals surface area contributed by atoms with E-state index in [-0.39, 0.29) is 33.2 Å². The summed E-state index contributed by atoms with van der Waals surface area (Å²) in [4.78, 5) is 27.3. The number of nitrogens with zero attached hydrogens (tertiary/aromatic N) is 13. The molecule has 5 saturated heterocycles. The van der Waals surface area contributed by atoms with E-state index in [0.717, 1.165) is 75.0 Å². The Hall–Kier alpha value is -9.67. The van der Waals surface area contributed by atoms with E-state index in [0.29, 0.717) is 11.8 Å². The van der Waals surface area contributed by atoms with Gasteiger partial charge in [0.25, 0.3) is 0 Å². The van der Waals surface area contributed by atoms with Gasteiger partial charge in [0.1, 0.15) is 5.52 Å². The molecule has 0 bridgehead atoms. The van der Waals surface area contributed by atoms with Gasteiger partial charge in [-0.15, -0.1) is 0 Å². The summed E-state index contributed by atoms with van der Waals surface area (Å²) in [5.74, 6) is 2.14. The van der Waals surface area contributed by atoms with Crippen molar-refractivity contribution in [3.63, 3.8) is 0 Å². The second-order valence-electron chi connectivity index (χ2n) is 43.1. The van der Waals surface area contributed by atoms with E-state index in [1.807, 2.05) is 6.92 Å². The number of hydrogen-bond donors (Lipinski definition) is 7. The first-order valence-corrected chi connectivity index (χ1v) is 46.4. The molecule has 5 aliphatic heterocycles. The molecule has 21 nitrogen and oxygen atoms in total. The SMILES string of the molecule is CN(C)c1cc(NC(C)(C)C)cc2c1ccn2C.CN1CCC(c2c[nH]c3cc(NC(C)(C)C)ccc23)CC1.CN1CCC(c2cn(C)c3cc(NC(C)(C)C)ccc23)CC1.CN1CCN(c2cc(NC(C)(C)C)cc3c2ccn3C)CC1.Cc1nc2c(N3CCN(C)CC3)cc(NC(C)(C)C)cc2o1.Cn1ccc2c(N3CCCC3)cc(NC(C)(C)C)cc21. The van der Waals surface area contributed by atoms with Crippen LogP contribution in [0.3, 0.4) is 0 Å².